The highest BCUT2D eigenvalue weighted by Gasteiger charge is 2.35. The number of nitrogen functional groups attached to an aromatic ring is 1. The molecule has 8 nitrogen and oxygen atoms in total. The van der Waals surface area contributed by atoms with Crippen molar-refractivity contribution in [1.82, 2.24) is 14.6 Å². The van der Waals surface area contributed by atoms with Gasteiger partial charge in [0.15, 0.2) is 5.69 Å². The number of hydrogen-bond acceptors (Lipinski definition) is 6. The molecule has 0 radical (unpaired) electrons. The molecule has 3 aromatic carbocycles. The van der Waals surface area contributed by atoms with Crippen molar-refractivity contribution in [2.75, 3.05) is 5.73 Å². The minimum atomic E-state index is -1.03. The van der Waals surface area contributed by atoms with Crippen LogP contribution in [0.1, 0.15) is 42.9 Å². The number of carbonyl (C=O) groups is 3. The average molecular weight is 534 g/mol. The van der Waals surface area contributed by atoms with Crippen LogP contribution in [0, 0.1) is 0 Å². The quantitative estimate of drug-likeness (QED) is 0.297. The van der Waals surface area contributed by atoms with Crippen LogP contribution in [-0.4, -0.2) is 27.0 Å². The zero-order chi connectivity index (χ0) is 26.4. The van der Waals surface area contributed by atoms with E-state index in [1.807, 2.05) is 60.7 Å². The molecular formula is C27H24ClN5O3S. The second kappa shape index (κ2) is 11.7. The summed E-state index contributed by atoms with van der Waals surface area (Å²) in [6, 6.07) is 24.4. The molecule has 0 fully saturated rings. The molecule has 1 atom stereocenters. The van der Waals surface area contributed by atoms with Gasteiger partial charge in [-0.05, 0) is 40.4 Å². The zero-order valence-corrected chi connectivity index (χ0v) is 21.2. The van der Waals surface area contributed by atoms with Crippen molar-refractivity contribution >= 4 is 46.5 Å². The standard InChI is InChI=1S/C27H24ClN5O3S/c28-20-13-11-19(12-14-20)23(26(35)31-15-17-7-3-1-4-8-17)33(16-18-9-5-2-6-10-18)27(36)24-21(29)22(25(30)34)32-37-24/h1-14,23H,15-16,29H2,(H2,30,34)(H,31,35)/t23-/m1/s1. The molecule has 10 heteroatoms. The third-order valence-corrected chi connectivity index (χ3v) is 6.77. The van der Waals surface area contributed by atoms with Gasteiger partial charge in [0.05, 0.1) is 5.69 Å². The third kappa shape index (κ3) is 6.14. The van der Waals surface area contributed by atoms with E-state index in [2.05, 4.69) is 9.69 Å². The SMILES string of the molecule is NC(=O)c1nsc(C(=O)N(Cc2ccccc2)[C@@H](C(=O)NCc2ccccc2)c2ccc(Cl)cc2)c1N. The van der Waals surface area contributed by atoms with E-state index in [-0.39, 0.29) is 29.3 Å². The lowest BCUT2D eigenvalue weighted by molar-refractivity contribution is -0.126. The first-order valence-corrected chi connectivity index (χ1v) is 12.5. The minimum absolute atomic E-state index is 0.0274. The predicted molar refractivity (Wildman–Crippen MR) is 144 cm³/mol. The number of rotatable bonds is 9. The van der Waals surface area contributed by atoms with Crippen molar-refractivity contribution in [2.24, 2.45) is 5.73 Å². The second-order valence-corrected chi connectivity index (χ2v) is 9.42. The van der Waals surface area contributed by atoms with E-state index in [9.17, 15) is 14.4 Å². The molecule has 0 aliphatic carbocycles. The molecule has 1 heterocycles. The summed E-state index contributed by atoms with van der Waals surface area (Å²) in [4.78, 5) is 40.8. The van der Waals surface area contributed by atoms with Crippen LogP contribution in [0.25, 0.3) is 0 Å². The maximum absolute atomic E-state index is 13.9. The number of nitrogens with zero attached hydrogens (tertiary/aromatic N) is 2. The van der Waals surface area contributed by atoms with E-state index in [4.69, 9.17) is 23.1 Å². The number of benzene rings is 3. The number of primary amides is 1. The Kier molecular flexibility index (Phi) is 8.17. The van der Waals surface area contributed by atoms with Gasteiger partial charge >= 0.3 is 0 Å². The predicted octanol–water partition coefficient (Wildman–Crippen LogP) is 4.18. The van der Waals surface area contributed by atoms with E-state index in [0.717, 1.165) is 22.7 Å². The smallest absolute Gasteiger partial charge is 0.270 e. The summed E-state index contributed by atoms with van der Waals surface area (Å²) in [7, 11) is 0. The Morgan fingerprint density at radius 2 is 1.51 bits per heavy atom. The summed E-state index contributed by atoms with van der Waals surface area (Å²) < 4.78 is 3.97. The summed E-state index contributed by atoms with van der Waals surface area (Å²) in [5.41, 5.74) is 13.4. The summed E-state index contributed by atoms with van der Waals surface area (Å²) in [5, 5.41) is 3.43. The first-order valence-electron chi connectivity index (χ1n) is 11.3. The lowest BCUT2D eigenvalue weighted by Crippen LogP contribution is -2.43. The molecule has 0 aliphatic heterocycles. The largest absolute Gasteiger partial charge is 0.395 e. The van der Waals surface area contributed by atoms with E-state index >= 15 is 0 Å². The van der Waals surface area contributed by atoms with Gasteiger partial charge in [-0.1, -0.05) is 84.4 Å². The number of carbonyl (C=O) groups excluding carboxylic acids is 3. The van der Waals surface area contributed by atoms with Crippen LogP contribution in [0.2, 0.25) is 5.02 Å². The van der Waals surface area contributed by atoms with E-state index in [1.54, 1.807) is 24.3 Å². The van der Waals surface area contributed by atoms with Gasteiger partial charge in [-0.3, -0.25) is 14.4 Å². The Hall–Kier alpha value is -4.21. The fourth-order valence-electron chi connectivity index (χ4n) is 3.82. The number of amides is 3. The van der Waals surface area contributed by atoms with Gasteiger partial charge in [0.1, 0.15) is 10.9 Å². The fourth-order valence-corrected chi connectivity index (χ4v) is 4.71. The van der Waals surface area contributed by atoms with E-state index < -0.39 is 23.8 Å². The first kappa shape index (κ1) is 25.9. The fraction of sp³-hybridized carbons (Fsp3) is 0.111. The van der Waals surface area contributed by atoms with Crippen molar-refractivity contribution in [2.45, 2.75) is 19.1 Å². The third-order valence-electron chi connectivity index (χ3n) is 5.67. The van der Waals surface area contributed by atoms with Crippen LogP contribution >= 0.6 is 23.1 Å². The number of aromatic nitrogens is 1. The minimum Gasteiger partial charge on any atom is -0.395 e. The molecule has 5 N–H and O–H groups in total. The molecular weight excluding hydrogens is 510 g/mol. The molecule has 4 rings (SSSR count). The van der Waals surface area contributed by atoms with Gasteiger partial charge in [-0.15, -0.1) is 0 Å². The van der Waals surface area contributed by atoms with Crippen molar-refractivity contribution in [3.05, 3.63) is 117 Å². The van der Waals surface area contributed by atoms with Crippen molar-refractivity contribution in [1.29, 1.82) is 0 Å². The molecule has 3 amide bonds. The summed E-state index contributed by atoms with van der Waals surface area (Å²) in [5.74, 6) is -1.79. The summed E-state index contributed by atoms with van der Waals surface area (Å²) in [6.07, 6.45) is 0. The van der Waals surface area contributed by atoms with Crippen LogP contribution in [-0.2, 0) is 17.9 Å². The van der Waals surface area contributed by atoms with Gasteiger partial charge < -0.3 is 21.7 Å². The Labute approximate surface area is 223 Å². The lowest BCUT2D eigenvalue weighted by Gasteiger charge is -2.31. The van der Waals surface area contributed by atoms with E-state index in [0.29, 0.717) is 10.6 Å². The second-order valence-electron chi connectivity index (χ2n) is 8.21. The first-order chi connectivity index (χ1) is 17.8. The van der Waals surface area contributed by atoms with Gasteiger partial charge in [-0.25, -0.2) is 0 Å². The maximum atomic E-state index is 13.9. The molecule has 4 aromatic rings. The number of nitrogens with two attached hydrogens (primary N) is 2. The summed E-state index contributed by atoms with van der Waals surface area (Å²) >= 11 is 6.88. The molecule has 37 heavy (non-hydrogen) atoms. The van der Waals surface area contributed by atoms with Crippen molar-refractivity contribution < 1.29 is 14.4 Å². The van der Waals surface area contributed by atoms with Crippen LogP contribution in [0.5, 0.6) is 0 Å². The normalized spacial score (nSPS) is 11.5. The molecule has 0 unspecified atom stereocenters. The Morgan fingerprint density at radius 3 is 2.08 bits per heavy atom. The van der Waals surface area contributed by atoms with Crippen LogP contribution < -0.4 is 16.8 Å². The van der Waals surface area contributed by atoms with Gasteiger partial charge in [0, 0.05) is 18.1 Å². The lowest BCUT2D eigenvalue weighted by atomic mass is 10.0. The van der Waals surface area contributed by atoms with Gasteiger partial charge in [0.25, 0.3) is 11.8 Å². The highest BCUT2D eigenvalue weighted by Crippen LogP contribution is 2.31. The molecule has 0 saturated heterocycles. The van der Waals surface area contributed by atoms with Crippen LogP contribution in [0.3, 0.4) is 0 Å². The maximum Gasteiger partial charge on any atom is 0.270 e. The monoisotopic (exact) mass is 533 g/mol. The van der Waals surface area contributed by atoms with Crippen molar-refractivity contribution in [3.8, 4) is 0 Å². The number of halogens is 1. The molecule has 1 aromatic heterocycles. The topological polar surface area (TPSA) is 131 Å². The highest BCUT2D eigenvalue weighted by atomic mass is 35.5. The Bertz CT molecular complexity index is 1390. The van der Waals surface area contributed by atoms with Crippen LogP contribution in [0.15, 0.2) is 84.9 Å². The Balaban J connectivity index is 1.76. The number of anilines is 1. The van der Waals surface area contributed by atoms with E-state index in [1.165, 1.54) is 4.90 Å². The van der Waals surface area contributed by atoms with Gasteiger partial charge in [0.2, 0.25) is 5.91 Å². The zero-order valence-electron chi connectivity index (χ0n) is 19.6. The Morgan fingerprint density at radius 1 is 0.919 bits per heavy atom. The number of hydrogen-bond donors (Lipinski definition) is 3. The summed E-state index contributed by atoms with van der Waals surface area (Å²) in [6.45, 7) is 0.362. The molecule has 0 bridgehead atoms. The highest BCUT2D eigenvalue weighted by molar-refractivity contribution is 7.09. The average Bonchev–Trinajstić information content (AvgIpc) is 3.30. The molecule has 188 valence electrons. The van der Waals surface area contributed by atoms with Crippen LogP contribution in [0.4, 0.5) is 5.69 Å². The molecule has 0 aliphatic rings. The molecule has 0 saturated carbocycles. The molecule has 0 spiro atoms. The number of nitrogens with one attached hydrogen (secondary N) is 1. The van der Waals surface area contributed by atoms with Gasteiger partial charge in [-0.2, -0.15) is 4.37 Å². The van der Waals surface area contributed by atoms with Crippen molar-refractivity contribution in [3.63, 3.8) is 0 Å².